The molecule has 4 heteroatoms. The Kier molecular flexibility index (Phi) is 3.73. The van der Waals surface area contributed by atoms with Crippen LogP contribution >= 0.6 is 27.5 Å². The summed E-state index contributed by atoms with van der Waals surface area (Å²) in [6, 6.07) is 8.30. The molecule has 16 heavy (non-hydrogen) atoms. The van der Waals surface area contributed by atoms with E-state index in [-0.39, 0.29) is 12.0 Å². The lowest BCUT2D eigenvalue weighted by molar-refractivity contribution is 0.630. The molecule has 0 amide bonds. The Morgan fingerprint density at radius 2 is 2.25 bits per heavy atom. The summed E-state index contributed by atoms with van der Waals surface area (Å²) in [5.74, 6) is 0.107. The first-order valence-corrected chi connectivity index (χ1v) is 6.49. The van der Waals surface area contributed by atoms with Gasteiger partial charge in [-0.25, -0.2) is 0 Å². The van der Waals surface area contributed by atoms with E-state index in [1.807, 2.05) is 18.2 Å². The van der Waals surface area contributed by atoms with Gasteiger partial charge >= 0.3 is 0 Å². The number of rotatable bonds is 2. The van der Waals surface area contributed by atoms with Crippen molar-refractivity contribution in [2.24, 2.45) is 5.92 Å². The molecule has 2 nitrogen and oxygen atoms in total. The van der Waals surface area contributed by atoms with Gasteiger partial charge in [-0.1, -0.05) is 27.5 Å². The van der Waals surface area contributed by atoms with Gasteiger partial charge in [0.05, 0.1) is 22.7 Å². The van der Waals surface area contributed by atoms with Crippen LogP contribution in [0.25, 0.3) is 0 Å². The standard InChI is InChI=1S/C12H12BrClN2/c13-9-4-5-10(14)12(6-9)16-11-3-1-2-8(11)7-15/h4-6,8,11,16H,1-3H2. The maximum absolute atomic E-state index is 9.01. The second-order valence-electron chi connectivity index (χ2n) is 4.04. The van der Waals surface area contributed by atoms with Gasteiger partial charge in [0.15, 0.2) is 0 Å². The van der Waals surface area contributed by atoms with E-state index in [0.29, 0.717) is 5.02 Å². The molecule has 1 aliphatic rings. The highest BCUT2D eigenvalue weighted by atomic mass is 79.9. The molecular formula is C12H12BrClN2. The molecule has 2 unspecified atom stereocenters. The first-order valence-electron chi connectivity index (χ1n) is 5.32. The molecule has 0 radical (unpaired) electrons. The summed E-state index contributed by atoms with van der Waals surface area (Å²) in [7, 11) is 0. The van der Waals surface area contributed by atoms with Gasteiger partial charge in [-0.15, -0.1) is 0 Å². The fraction of sp³-hybridized carbons (Fsp3) is 0.417. The highest BCUT2D eigenvalue weighted by Gasteiger charge is 2.27. The monoisotopic (exact) mass is 298 g/mol. The molecular weight excluding hydrogens is 288 g/mol. The van der Waals surface area contributed by atoms with Crippen molar-refractivity contribution in [3.8, 4) is 6.07 Å². The number of benzene rings is 1. The van der Waals surface area contributed by atoms with Gasteiger partial charge in [-0.3, -0.25) is 0 Å². The van der Waals surface area contributed by atoms with Gasteiger partial charge in [-0.05, 0) is 37.5 Å². The highest BCUT2D eigenvalue weighted by molar-refractivity contribution is 9.10. The Morgan fingerprint density at radius 3 is 3.00 bits per heavy atom. The largest absolute Gasteiger partial charge is 0.380 e. The maximum atomic E-state index is 9.01. The first kappa shape index (κ1) is 11.8. The van der Waals surface area contributed by atoms with E-state index in [4.69, 9.17) is 16.9 Å². The van der Waals surface area contributed by atoms with Gasteiger partial charge in [-0.2, -0.15) is 5.26 Å². The van der Waals surface area contributed by atoms with Crippen molar-refractivity contribution in [3.63, 3.8) is 0 Å². The Labute approximate surface area is 109 Å². The molecule has 0 heterocycles. The maximum Gasteiger partial charge on any atom is 0.0677 e. The van der Waals surface area contributed by atoms with Crippen LogP contribution in [-0.4, -0.2) is 6.04 Å². The van der Waals surface area contributed by atoms with Crippen LogP contribution < -0.4 is 5.32 Å². The van der Waals surface area contributed by atoms with Crippen molar-refractivity contribution in [2.75, 3.05) is 5.32 Å². The normalized spacial score (nSPS) is 24.1. The van der Waals surface area contributed by atoms with Crippen molar-refractivity contribution in [2.45, 2.75) is 25.3 Å². The van der Waals surface area contributed by atoms with E-state index in [9.17, 15) is 0 Å². The third-order valence-electron chi connectivity index (χ3n) is 2.95. The topological polar surface area (TPSA) is 35.8 Å². The van der Waals surface area contributed by atoms with Crippen LogP contribution in [0.1, 0.15) is 19.3 Å². The van der Waals surface area contributed by atoms with E-state index in [0.717, 1.165) is 29.4 Å². The quantitative estimate of drug-likeness (QED) is 0.888. The number of hydrogen-bond acceptors (Lipinski definition) is 2. The summed E-state index contributed by atoms with van der Waals surface area (Å²) < 4.78 is 0.992. The molecule has 2 atom stereocenters. The number of anilines is 1. The molecule has 1 aromatic rings. The van der Waals surface area contributed by atoms with E-state index < -0.39 is 0 Å². The minimum Gasteiger partial charge on any atom is -0.380 e. The van der Waals surface area contributed by atoms with Crippen molar-refractivity contribution in [3.05, 3.63) is 27.7 Å². The fourth-order valence-corrected chi connectivity index (χ4v) is 2.63. The van der Waals surface area contributed by atoms with E-state index in [2.05, 4.69) is 27.3 Å². The predicted molar refractivity (Wildman–Crippen MR) is 69.5 cm³/mol. The van der Waals surface area contributed by atoms with Crippen LogP contribution in [0, 0.1) is 17.2 Å². The smallest absolute Gasteiger partial charge is 0.0677 e. The summed E-state index contributed by atoms with van der Waals surface area (Å²) in [5, 5.41) is 13.1. The predicted octanol–water partition coefficient (Wildman–Crippen LogP) is 4.21. The van der Waals surface area contributed by atoms with Crippen LogP contribution in [0.3, 0.4) is 0 Å². The van der Waals surface area contributed by atoms with Gasteiger partial charge < -0.3 is 5.32 Å². The number of nitrogens with one attached hydrogen (secondary N) is 1. The van der Waals surface area contributed by atoms with E-state index in [1.54, 1.807) is 0 Å². The summed E-state index contributed by atoms with van der Waals surface area (Å²) in [4.78, 5) is 0. The lowest BCUT2D eigenvalue weighted by atomic mass is 10.1. The molecule has 84 valence electrons. The average Bonchev–Trinajstić information content (AvgIpc) is 2.71. The molecule has 0 spiro atoms. The van der Waals surface area contributed by atoms with Crippen LogP contribution in [-0.2, 0) is 0 Å². The summed E-state index contributed by atoms with van der Waals surface area (Å²) in [6.07, 6.45) is 3.14. The zero-order valence-electron chi connectivity index (χ0n) is 8.71. The van der Waals surface area contributed by atoms with Crippen molar-refractivity contribution < 1.29 is 0 Å². The van der Waals surface area contributed by atoms with Gasteiger partial charge in [0, 0.05) is 10.5 Å². The Morgan fingerprint density at radius 1 is 1.44 bits per heavy atom. The SMILES string of the molecule is N#CC1CCCC1Nc1cc(Br)ccc1Cl. The molecule has 1 aromatic carbocycles. The first-order chi connectivity index (χ1) is 7.70. The Hall–Kier alpha value is -0.720. The lowest BCUT2D eigenvalue weighted by Gasteiger charge is -2.18. The number of halogens is 2. The lowest BCUT2D eigenvalue weighted by Crippen LogP contribution is -2.22. The third kappa shape index (κ3) is 2.50. The van der Waals surface area contributed by atoms with Gasteiger partial charge in [0.25, 0.3) is 0 Å². The third-order valence-corrected chi connectivity index (χ3v) is 3.77. The van der Waals surface area contributed by atoms with Crippen LogP contribution in [0.2, 0.25) is 5.02 Å². The van der Waals surface area contributed by atoms with Gasteiger partial charge in [0.2, 0.25) is 0 Å². The van der Waals surface area contributed by atoms with E-state index in [1.165, 1.54) is 0 Å². The summed E-state index contributed by atoms with van der Waals surface area (Å²) >= 11 is 9.51. The zero-order valence-corrected chi connectivity index (χ0v) is 11.1. The van der Waals surface area contributed by atoms with E-state index >= 15 is 0 Å². The van der Waals surface area contributed by atoms with Gasteiger partial charge in [0.1, 0.15) is 0 Å². The van der Waals surface area contributed by atoms with Crippen molar-refractivity contribution in [1.29, 1.82) is 5.26 Å². The van der Waals surface area contributed by atoms with Crippen LogP contribution in [0.15, 0.2) is 22.7 Å². The minimum atomic E-state index is 0.107. The molecule has 0 aromatic heterocycles. The molecule has 2 rings (SSSR count). The number of nitriles is 1. The molecule has 0 bridgehead atoms. The number of hydrogen-bond donors (Lipinski definition) is 1. The van der Waals surface area contributed by atoms with Crippen LogP contribution in [0.4, 0.5) is 5.69 Å². The number of nitrogens with zero attached hydrogens (tertiary/aromatic N) is 1. The Balaban J connectivity index is 2.14. The van der Waals surface area contributed by atoms with Crippen molar-refractivity contribution >= 4 is 33.2 Å². The molecule has 0 saturated heterocycles. The second kappa shape index (κ2) is 5.07. The summed E-state index contributed by atoms with van der Waals surface area (Å²) in [6.45, 7) is 0. The summed E-state index contributed by atoms with van der Waals surface area (Å²) in [5.41, 5.74) is 0.906. The molecule has 1 aliphatic carbocycles. The Bertz CT molecular complexity index is 428. The molecule has 1 fully saturated rings. The van der Waals surface area contributed by atoms with Crippen LogP contribution in [0.5, 0.6) is 0 Å². The van der Waals surface area contributed by atoms with Crippen molar-refractivity contribution in [1.82, 2.24) is 0 Å². The zero-order chi connectivity index (χ0) is 11.5. The fourth-order valence-electron chi connectivity index (χ4n) is 2.10. The molecule has 1 saturated carbocycles. The average molecular weight is 300 g/mol. The molecule has 1 N–H and O–H groups in total. The second-order valence-corrected chi connectivity index (χ2v) is 5.36. The highest BCUT2D eigenvalue weighted by Crippen LogP contribution is 2.32. The molecule has 0 aliphatic heterocycles. The minimum absolute atomic E-state index is 0.107.